The van der Waals surface area contributed by atoms with Crippen molar-refractivity contribution in [2.24, 2.45) is 0 Å². The Morgan fingerprint density at radius 1 is 0.595 bits per heavy atom. The summed E-state index contributed by atoms with van der Waals surface area (Å²) < 4.78 is 0. The first-order valence-electron chi connectivity index (χ1n) is 13.4. The van der Waals surface area contributed by atoms with Crippen LogP contribution in [-0.4, -0.2) is 10.2 Å². The summed E-state index contributed by atoms with van der Waals surface area (Å²) in [6.45, 7) is 1.18. The molecule has 5 aliphatic rings. The predicted octanol–water partition coefficient (Wildman–Crippen LogP) is 8.18. The van der Waals surface area contributed by atoms with Crippen molar-refractivity contribution in [3.05, 3.63) is 212 Å². The number of hydrogen-bond acceptors (Lipinski definition) is 2. The van der Waals surface area contributed by atoms with Crippen molar-refractivity contribution in [1.82, 2.24) is 0 Å². The van der Waals surface area contributed by atoms with E-state index in [0.717, 1.165) is 24.0 Å². The monoisotopic (exact) mass is 706 g/mol. The minimum atomic E-state index is 0. The maximum absolute atomic E-state index is 9.24. The molecule has 0 bridgehead atoms. The summed E-state index contributed by atoms with van der Waals surface area (Å²) in [5.41, 5.74) is 3.36. The zero-order valence-corrected chi connectivity index (χ0v) is 28.8. The smallest absolute Gasteiger partial charge is 0.566 e. The first kappa shape index (κ1) is 41.7. The molecule has 7 rings (SSSR count). The average Bonchev–Trinajstić information content (AvgIpc) is 3.87. The van der Waals surface area contributed by atoms with Gasteiger partial charge in [-0.1, -0.05) is 30.7 Å². The Morgan fingerprint density at radius 3 is 1.36 bits per heavy atom. The summed E-state index contributed by atoms with van der Waals surface area (Å²) in [5, 5.41) is 17.6. The molecule has 2 aromatic carbocycles. The minimum absolute atomic E-state index is 0. The van der Waals surface area contributed by atoms with Crippen LogP contribution >= 0.6 is 0 Å². The molecule has 0 heterocycles. The average molecular weight is 709 g/mol. The number of allylic oxidation sites excluding steroid dienone is 1. The van der Waals surface area contributed by atoms with Crippen LogP contribution in [0.25, 0.3) is 5.76 Å². The molecule has 42 heavy (non-hydrogen) atoms. The van der Waals surface area contributed by atoms with Gasteiger partial charge >= 0.3 is 26.2 Å². The van der Waals surface area contributed by atoms with Gasteiger partial charge in [0.1, 0.15) is 5.76 Å². The van der Waals surface area contributed by atoms with Crippen LogP contribution in [0.4, 0.5) is 0 Å². The summed E-state index contributed by atoms with van der Waals surface area (Å²) >= 11 is 0. The van der Waals surface area contributed by atoms with Crippen molar-refractivity contribution < 1.29 is 62.6 Å². The van der Waals surface area contributed by atoms with Crippen molar-refractivity contribution in [3.63, 3.8) is 0 Å². The summed E-state index contributed by atoms with van der Waals surface area (Å²) in [5.74, 6) is 0.426. The molecule has 0 aromatic heterocycles. The van der Waals surface area contributed by atoms with E-state index in [1.54, 1.807) is 0 Å². The van der Waals surface area contributed by atoms with E-state index in [-0.39, 0.29) is 52.4 Å². The van der Waals surface area contributed by atoms with Crippen molar-refractivity contribution in [1.29, 1.82) is 0 Å². The van der Waals surface area contributed by atoms with Crippen LogP contribution in [0, 0.1) is 141 Å². The maximum Gasteiger partial charge on any atom is 2.00 e. The van der Waals surface area contributed by atoms with E-state index in [4.69, 9.17) is 5.11 Å². The summed E-state index contributed by atoms with van der Waals surface area (Å²) in [4.78, 5) is 0. The van der Waals surface area contributed by atoms with E-state index in [1.807, 2.05) is 183 Å². The number of fused-ring (bicyclic) bond motifs is 1. The molecule has 0 aliphatic heterocycles. The fraction of sp³-hybridized carbons (Fsp3) is 0.0789. The minimum Gasteiger partial charge on any atom is -0.566 e. The first-order chi connectivity index (χ1) is 19.8. The standard InChI is InChI=1S/C9H8O.C9H10O.4C5H5.2Zr/c10-9-6-5-7-3-1-2-4-8(7)9;10-8-4-7-9-5-2-1-3-6-9;4*1-2-4-5-3-1;;/h1-4,6,10H,5H2;1-3,5,8,10H,4,7H2;4*1-5H;;/q;-2;;;;;;+2. The van der Waals surface area contributed by atoms with Gasteiger partial charge in [-0.25, -0.2) is 6.61 Å². The number of hydrogen-bond donors (Lipinski definition) is 2. The van der Waals surface area contributed by atoms with Crippen LogP contribution in [-0.2, 0) is 65.2 Å². The third-order valence-corrected chi connectivity index (χ3v) is 5.35. The Balaban J connectivity index is 0.000000491. The van der Waals surface area contributed by atoms with Gasteiger partial charge in [0.05, 0.1) is 0 Å². The molecule has 5 aliphatic carbocycles. The number of aryl methyl sites for hydroxylation is 1. The van der Waals surface area contributed by atoms with Crippen molar-refractivity contribution in [2.45, 2.75) is 19.3 Å². The molecule has 0 atom stereocenters. The largest absolute Gasteiger partial charge is 2.00 e. The van der Waals surface area contributed by atoms with E-state index in [9.17, 15) is 5.11 Å². The second-order valence-corrected chi connectivity index (χ2v) is 8.41. The zero-order chi connectivity index (χ0) is 28.4. The molecule has 0 unspecified atom stereocenters. The van der Waals surface area contributed by atoms with Crippen molar-refractivity contribution in [2.75, 3.05) is 0 Å². The van der Waals surface area contributed by atoms with Crippen molar-refractivity contribution >= 4 is 5.76 Å². The Labute approximate surface area is 297 Å². The second kappa shape index (κ2) is 30.7. The van der Waals surface area contributed by atoms with Crippen LogP contribution in [0.1, 0.15) is 23.1 Å². The zero-order valence-electron chi connectivity index (χ0n) is 23.8. The van der Waals surface area contributed by atoms with Crippen LogP contribution in [0.15, 0.2) is 54.6 Å². The fourth-order valence-electron chi connectivity index (χ4n) is 3.35. The molecule has 2 aromatic rings. The Morgan fingerprint density at radius 2 is 1.00 bits per heavy atom. The summed E-state index contributed by atoms with van der Waals surface area (Å²) in [6.07, 6.45) is 44.3. The molecular formula is C38H38O2Zr2. The molecule has 2 nitrogen and oxygen atoms in total. The molecule has 20 radical (unpaired) electrons. The number of aliphatic hydroxyl groups is 2. The van der Waals surface area contributed by atoms with Gasteiger partial charge < -0.3 is 10.2 Å². The van der Waals surface area contributed by atoms with Gasteiger partial charge in [-0.15, -0.1) is 0 Å². The Hall–Kier alpha value is -0.294. The Kier molecular flexibility index (Phi) is 30.5. The molecule has 0 saturated heterocycles. The number of rotatable bonds is 3. The van der Waals surface area contributed by atoms with Gasteiger partial charge in [-0.2, -0.15) is 42.3 Å². The quantitative estimate of drug-likeness (QED) is 0.316. The third-order valence-electron chi connectivity index (χ3n) is 5.35. The molecule has 2 N–H and O–H groups in total. The SMILES string of the molecule is OC1=CCc2ccccc21.O[CH-]CCc1[c-]cccc1.[CH]1[CH][CH][CH][CH]1.[CH]1[CH][CH][CH][CH]1.[CH]1[CH][CH][CH][CH]1.[CH]1[CH][CH][CH][CH]1.[Zr+2].[Zr]. The topological polar surface area (TPSA) is 40.5 Å². The van der Waals surface area contributed by atoms with Crippen LogP contribution in [0.5, 0.6) is 0 Å². The van der Waals surface area contributed by atoms with Crippen LogP contribution in [0.3, 0.4) is 0 Å². The van der Waals surface area contributed by atoms with Gasteiger partial charge in [-0.3, -0.25) is 0 Å². The summed E-state index contributed by atoms with van der Waals surface area (Å²) in [7, 11) is 0. The molecule has 4 heteroatoms. The molecule has 0 amide bonds. The number of aliphatic hydroxyl groups excluding tert-OH is 2. The van der Waals surface area contributed by atoms with Crippen LogP contribution in [0.2, 0.25) is 0 Å². The van der Waals surface area contributed by atoms with E-state index in [2.05, 4.69) is 6.07 Å². The van der Waals surface area contributed by atoms with Gasteiger partial charge in [0, 0.05) is 31.8 Å². The maximum atomic E-state index is 9.24. The van der Waals surface area contributed by atoms with Gasteiger partial charge in [0.2, 0.25) is 0 Å². The van der Waals surface area contributed by atoms with E-state index in [0.29, 0.717) is 12.2 Å². The molecule has 4 saturated carbocycles. The number of benzene rings is 2. The molecular weight excluding hydrogens is 671 g/mol. The third kappa shape index (κ3) is 22.3. The van der Waals surface area contributed by atoms with E-state index >= 15 is 0 Å². The molecule has 210 valence electrons. The summed E-state index contributed by atoms with van der Waals surface area (Å²) in [6, 6.07) is 18.8. The Bertz CT molecular complexity index is 782. The van der Waals surface area contributed by atoms with E-state index in [1.165, 1.54) is 12.2 Å². The predicted molar refractivity (Wildman–Crippen MR) is 167 cm³/mol. The fourth-order valence-corrected chi connectivity index (χ4v) is 3.35. The van der Waals surface area contributed by atoms with Gasteiger partial charge in [0.25, 0.3) is 0 Å². The van der Waals surface area contributed by atoms with Gasteiger partial charge in [0.15, 0.2) is 0 Å². The van der Waals surface area contributed by atoms with Crippen molar-refractivity contribution in [3.8, 4) is 0 Å². The molecule has 0 spiro atoms. The first-order valence-corrected chi connectivity index (χ1v) is 13.4. The normalized spacial score (nSPS) is 17.2. The molecule has 4 fully saturated rings. The second-order valence-electron chi connectivity index (χ2n) is 8.41. The van der Waals surface area contributed by atoms with Crippen LogP contribution < -0.4 is 0 Å². The van der Waals surface area contributed by atoms with Gasteiger partial charge in [-0.05, 0) is 146 Å². The van der Waals surface area contributed by atoms with E-state index < -0.39 is 0 Å².